The average molecular weight is 482 g/mol. The van der Waals surface area contributed by atoms with E-state index in [0.717, 1.165) is 52.9 Å². The second-order valence-corrected chi connectivity index (χ2v) is 9.21. The third-order valence-corrected chi connectivity index (χ3v) is 6.55. The van der Waals surface area contributed by atoms with Crippen molar-refractivity contribution < 1.29 is 4.74 Å². The second kappa shape index (κ2) is 10.7. The molecule has 36 heavy (non-hydrogen) atoms. The van der Waals surface area contributed by atoms with Crippen molar-refractivity contribution in [3.8, 4) is 11.5 Å². The summed E-state index contributed by atoms with van der Waals surface area (Å²) >= 11 is 0. The van der Waals surface area contributed by atoms with Gasteiger partial charge in [-0.2, -0.15) is 0 Å². The molecule has 2 aromatic heterocycles. The Morgan fingerprint density at radius 3 is 2.72 bits per heavy atom. The van der Waals surface area contributed by atoms with E-state index in [1.165, 1.54) is 25.6 Å². The Labute approximate surface area is 211 Å². The number of nitrogens with one attached hydrogen (secondary N) is 2. The molecule has 5 rings (SSSR count). The zero-order valence-electron chi connectivity index (χ0n) is 21.0. The lowest BCUT2D eigenvalue weighted by Gasteiger charge is -2.25. The minimum absolute atomic E-state index is 0.601. The first-order chi connectivity index (χ1) is 17.6. The van der Waals surface area contributed by atoms with Gasteiger partial charge in [0.2, 0.25) is 5.95 Å². The summed E-state index contributed by atoms with van der Waals surface area (Å²) in [6.07, 6.45) is 10.2. The summed E-state index contributed by atoms with van der Waals surface area (Å²) in [6.45, 7) is 6.84. The van der Waals surface area contributed by atoms with Crippen LogP contribution in [0.4, 0.5) is 23.1 Å². The highest BCUT2D eigenvalue weighted by Crippen LogP contribution is 2.32. The molecule has 4 aromatic rings. The SMILES string of the molecule is CC=Nc1cc(Oc2ccc(Nc3ncnc4cnc(NCCC5CCC5)nc34)cc2C)ccc1C. The Morgan fingerprint density at radius 1 is 1.06 bits per heavy atom. The van der Waals surface area contributed by atoms with E-state index >= 15 is 0 Å². The summed E-state index contributed by atoms with van der Waals surface area (Å²) < 4.78 is 6.15. The summed E-state index contributed by atoms with van der Waals surface area (Å²) in [4.78, 5) is 22.3. The van der Waals surface area contributed by atoms with Crippen LogP contribution in [0, 0.1) is 19.8 Å². The number of hydrogen-bond acceptors (Lipinski definition) is 8. The molecule has 0 radical (unpaired) electrons. The van der Waals surface area contributed by atoms with Crippen molar-refractivity contribution >= 4 is 40.4 Å². The molecule has 0 spiro atoms. The molecule has 8 heteroatoms. The maximum Gasteiger partial charge on any atom is 0.223 e. The first-order valence-corrected chi connectivity index (χ1v) is 12.5. The molecule has 184 valence electrons. The van der Waals surface area contributed by atoms with E-state index in [-0.39, 0.29) is 0 Å². The van der Waals surface area contributed by atoms with Gasteiger partial charge in [-0.1, -0.05) is 25.3 Å². The van der Waals surface area contributed by atoms with Crippen LogP contribution in [0.5, 0.6) is 11.5 Å². The van der Waals surface area contributed by atoms with Gasteiger partial charge in [-0.15, -0.1) is 0 Å². The van der Waals surface area contributed by atoms with Crippen LogP contribution in [0.1, 0.15) is 43.7 Å². The zero-order chi connectivity index (χ0) is 24.9. The lowest BCUT2D eigenvalue weighted by Crippen LogP contribution is -2.16. The number of ether oxygens (including phenoxy) is 1. The van der Waals surface area contributed by atoms with Gasteiger partial charge in [0.15, 0.2) is 5.82 Å². The highest BCUT2D eigenvalue weighted by atomic mass is 16.5. The highest BCUT2D eigenvalue weighted by Gasteiger charge is 2.17. The van der Waals surface area contributed by atoms with Gasteiger partial charge < -0.3 is 15.4 Å². The molecule has 1 saturated carbocycles. The molecule has 0 amide bonds. The largest absolute Gasteiger partial charge is 0.457 e. The first-order valence-electron chi connectivity index (χ1n) is 12.5. The second-order valence-electron chi connectivity index (χ2n) is 9.21. The number of rotatable bonds is 9. The predicted molar refractivity (Wildman–Crippen MR) is 145 cm³/mol. The van der Waals surface area contributed by atoms with E-state index in [2.05, 4.69) is 30.6 Å². The van der Waals surface area contributed by atoms with Crippen molar-refractivity contribution in [3.05, 3.63) is 60.0 Å². The van der Waals surface area contributed by atoms with Crippen molar-refractivity contribution in [1.29, 1.82) is 0 Å². The Balaban J connectivity index is 1.31. The van der Waals surface area contributed by atoms with Gasteiger partial charge in [-0.3, -0.25) is 4.99 Å². The highest BCUT2D eigenvalue weighted by molar-refractivity contribution is 5.87. The Kier molecular flexibility index (Phi) is 7.02. The first kappa shape index (κ1) is 23.7. The Morgan fingerprint density at radius 2 is 1.94 bits per heavy atom. The number of aryl methyl sites for hydroxylation is 2. The van der Waals surface area contributed by atoms with E-state index in [0.29, 0.717) is 22.8 Å². The lowest BCUT2D eigenvalue weighted by atomic mass is 9.83. The van der Waals surface area contributed by atoms with Gasteiger partial charge in [-0.25, -0.2) is 19.9 Å². The number of benzene rings is 2. The third-order valence-electron chi connectivity index (χ3n) is 6.55. The van der Waals surface area contributed by atoms with Gasteiger partial charge in [0.25, 0.3) is 0 Å². The molecule has 1 aliphatic carbocycles. The topological polar surface area (TPSA) is 97.2 Å². The quantitative estimate of drug-likeness (QED) is 0.251. The average Bonchev–Trinajstić information content (AvgIpc) is 2.85. The van der Waals surface area contributed by atoms with Crippen molar-refractivity contribution in [1.82, 2.24) is 19.9 Å². The molecule has 1 aliphatic rings. The maximum absolute atomic E-state index is 6.15. The predicted octanol–water partition coefficient (Wildman–Crippen LogP) is 6.90. The lowest BCUT2D eigenvalue weighted by molar-refractivity contribution is 0.303. The van der Waals surface area contributed by atoms with Gasteiger partial charge in [0.05, 0.1) is 11.9 Å². The Hall–Kier alpha value is -4.07. The van der Waals surface area contributed by atoms with Gasteiger partial charge >= 0.3 is 0 Å². The molecule has 1 fully saturated rings. The van der Waals surface area contributed by atoms with Gasteiger partial charge in [0.1, 0.15) is 28.9 Å². The fourth-order valence-corrected chi connectivity index (χ4v) is 4.24. The minimum atomic E-state index is 0.601. The number of hydrogen-bond donors (Lipinski definition) is 2. The van der Waals surface area contributed by atoms with E-state index in [1.807, 2.05) is 57.2 Å². The van der Waals surface area contributed by atoms with Crippen molar-refractivity contribution in [2.75, 3.05) is 17.2 Å². The van der Waals surface area contributed by atoms with Crippen molar-refractivity contribution in [2.45, 2.75) is 46.5 Å². The van der Waals surface area contributed by atoms with Crippen LogP contribution in [0.25, 0.3) is 11.0 Å². The summed E-state index contributed by atoms with van der Waals surface area (Å²) in [5.41, 5.74) is 5.26. The third kappa shape index (κ3) is 5.43. The zero-order valence-corrected chi connectivity index (χ0v) is 21.0. The molecular weight excluding hydrogens is 450 g/mol. The van der Waals surface area contributed by atoms with Crippen LogP contribution in [-0.2, 0) is 0 Å². The van der Waals surface area contributed by atoms with E-state index < -0.39 is 0 Å². The van der Waals surface area contributed by atoms with E-state index in [4.69, 9.17) is 9.72 Å². The van der Waals surface area contributed by atoms with E-state index in [9.17, 15) is 0 Å². The normalized spacial score (nSPS) is 13.6. The number of fused-ring (bicyclic) bond motifs is 1. The number of aliphatic imine (C=N–C) groups is 1. The minimum Gasteiger partial charge on any atom is -0.457 e. The molecular formula is C28H31N7O. The fourth-order valence-electron chi connectivity index (χ4n) is 4.24. The van der Waals surface area contributed by atoms with Crippen molar-refractivity contribution in [2.24, 2.45) is 10.9 Å². The molecule has 0 aliphatic heterocycles. The van der Waals surface area contributed by atoms with Gasteiger partial charge in [0, 0.05) is 24.5 Å². The smallest absolute Gasteiger partial charge is 0.223 e. The molecule has 0 unspecified atom stereocenters. The van der Waals surface area contributed by atoms with Crippen LogP contribution in [0.15, 0.2) is 53.9 Å². The van der Waals surface area contributed by atoms with Crippen LogP contribution >= 0.6 is 0 Å². The molecule has 2 N–H and O–H groups in total. The number of nitrogens with zero attached hydrogens (tertiary/aromatic N) is 5. The van der Waals surface area contributed by atoms with Crippen LogP contribution in [-0.4, -0.2) is 32.7 Å². The van der Waals surface area contributed by atoms with Gasteiger partial charge in [-0.05, 0) is 68.5 Å². The summed E-state index contributed by atoms with van der Waals surface area (Å²) in [6, 6.07) is 11.9. The standard InChI is InChI=1S/C28H31N7O/c1-4-29-23-15-22(10-8-18(23)2)36-25-11-9-21(14-19(25)3)34-27-26-24(32-17-33-27)16-31-28(35-26)30-13-12-20-6-5-7-20/h4,8-11,14-17,20H,5-7,12-13H2,1-3H3,(H,30,31,35)(H,32,33,34). The van der Waals surface area contributed by atoms with Crippen LogP contribution in [0.3, 0.4) is 0 Å². The molecule has 8 nitrogen and oxygen atoms in total. The van der Waals surface area contributed by atoms with Crippen LogP contribution < -0.4 is 15.4 Å². The fraction of sp³-hybridized carbons (Fsp3) is 0.321. The summed E-state index contributed by atoms with van der Waals surface area (Å²) in [5.74, 6) is 3.61. The maximum atomic E-state index is 6.15. The molecule has 2 aromatic carbocycles. The molecule has 0 saturated heterocycles. The Bertz CT molecular complexity index is 1400. The summed E-state index contributed by atoms with van der Waals surface area (Å²) in [7, 11) is 0. The molecule has 2 heterocycles. The van der Waals surface area contributed by atoms with Crippen molar-refractivity contribution in [3.63, 3.8) is 0 Å². The number of anilines is 3. The number of aromatic nitrogens is 4. The van der Waals surface area contributed by atoms with Crippen LogP contribution in [0.2, 0.25) is 0 Å². The molecule has 0 bridgehead atoms. The summed E-state index contributed by atoms with van der Waals surface area (Å²) in [5, 5.41) is 6.74. The monoisotopic (exact) mass is 481 g/mol. The van der Waals surface area contributed by atoms with E-state index in [1.54, 1.807) is 12.4 Å². The molecule has 0 atom stereocenters.